The van der Waals surface area contributed by atoms with Crippen LogP contribution in [0.5, 0.6) is 0 Å². The second-order valence-corrected chi connectivity index (χ2v) is 12.7. The standard InChI is InChI=1S/C12H18N2S.C12H17NS.3CH4/c1-12(2,3)10-7-9-5-4-6-15(13)11(9)14-8-10;1-12(2,3)10-7-9-5-4-6-14-11(9)13-8-10;;;/h7-8,13H,4-6H2,1-3H3;7-8H,4-6H2,1-3H3;3*1H4. The Balaban J connectivity index is 0.000000550. The molecule has 3 nitrogen and oxygen atoms in total. The molecule has 0 aromatic carbocycles. The van der Waals surface area contributed by atoms with Gasteiger partial charge in [-0.15, -0.1) is 11.8 Å². The molecule has 2 aliphatic heterocycles. The maximum atomic E-state index is 7.95. The predicted molar refractivity (Wildman–Crippen MR) is 147 cm³/mol. The quantitative estimate of drug-likeness (QED) is 0.414. The van der Waals surface area contributed by atoms with Crippen molar-refractivity contribution in [2.24, 2.45) is 0 Å². The fraction of sp³-hybridized carbons (Fsp3) is 0.630. The first-order valence-corrected chi connectivity index (χ1v) is 13.0. The Morgan fingerprint density at radius 3 is 1.94 bits per heavy atom. The number of nitrogens with zero attached hydrogens (tertiary/aromatic N) is 2. The molecule has 1 N–H and O–H groups in total. The Morgan fingerprint density at radius 2 is 1.34 bits per heavy atom. The van der Waals surface area contributed by atoms with Crippen LogP contribution in [0.3, 0.4) is 0 Å². The second-order valence-electron chi connectivity index (χ2n) is 10.0. The first-order valence-electron chi connectivity index (χ1n) is 10.6. The summed E-state index contributed by atoms with van der Waals surface area (Å²) in [6.07, 6.45) is 8.76. The molecule has 2 aromatic rings. The molecule has 0 aliphatic carbocycles. The maximum Gasteiger partial charge on any atom is 0.110 e. The van der Waals surface area contributed by atoms with E-state index in [1.54, 1.807) is 0 Å². The van der Waals surface area contributed by atoms with Crippen LogP contribution in [0.4, 0.5) is 0 Å². The monoisotopic (exact) mass is 477 g/mol. The van der Waals surface area contributed by atoms with E-state index in [0.717, 1.165) is 23.6 Å². The highest BCUT2D eigenvalue weighted by Gasteiger charge is 2.20. The number of hydrogen-bond acceptors (Lipinski definition) is 4. The summed E-state index contributed by atoms with van der Waals surface area (Å²) in [6.45, 7) is 13.4. The Morgan fingerprint density at radius 1 is 0.812 bits per heavy atom. The molecule has 0 fully saturated rings. The highest BCUT2D eigenvalue weighted by atomic mass is 32.2. The van der Waals surface area contributed by atoms with Crippen molar-refractivity contribution in [3.8, 4) is 0 Å². The van der Waals surface area contributed by atoms with E-state index in [1.165, 1.54) is 45.9 Å². The summed E-state index contributed by atoms with van der Waals surface area (Å²) in [5, 5.41) is 2.29. The van der Waals surface area contributed by atoms with E-state index in [0.29, 0.717) is 0 Å². The number of fused-ring (bicyclic) bond motifs is 2. The van der Waals surface area contributed by atoms with Crippen LogP contribution in [0.15, 0.2) is 34.6 Å². The lowest BCUT2D eigenvalue weighted by Crippen LogP contribution is -2.16. The van der Waals surface area contributed by atoms with E-state index in [9.17, 15) is 0 Å². The third kappa shape index (κ3) is 7.69. The number of aromatic nitrogens is 2. The van der Waals surface area contributed by atoms with Crippen molar-refractivity contribution in [3.05, 3.63) is 46.8 Å². The summed E-state index contributed by atoms with van der Waals surface area (Å²) in [5.74, 6) is 2.23. The molecule has 0 spiro atoms. The van der Waals surface area contributed by atoms with E-state index in [2.05, 4.69) is 63.6 Å². The molecular weight excluding hydrogens is 430 g/mol. The molecule has 4 rings (SSSR count). The van der Waals surface area contributed by atoms with Crippen LogP contribution in [0.25, 0.3) is 0 Å². The van der Waals surface area contributed by atoms with Gasteiger partial charge in [-0.25, -0.2) is 9.97 Å². The van der Waals surface area contributed by atoms with Gasteiger partial charge in [-0.3, -0.25) is 4.78 Å². The van der Waals surface area contributed by atoms with Crippen LogP contribution in [0.2, 0.25) is 0 Å². The highest BCUT2D eigenvalue weighted by Crippen LogP contribution is 2.31. The zero-order valence-electron chi connectivity index (χ0n) is 18.8. The molecule has 1 unspecified atom stereocenters. The second kappa shape index (κ2) is 12.3. The van der Waals surface area contributed by atoms with Crippen LogP contribution in [-0.4, -0.2) is 21.5 Å². The lowest BCUT2D eigenvalue weighted by molar-refractivity contribution is 0.583. The molecule has 182 valence electrons. The van der Waals surface area contributed by atoms with Crippen LogP contribution in [-0.2, 0) is 34.4 Å². The Labute approximate surface area is 205 Å². The van der Waals surface area contributed by atoms with Crippen molar-refractivity contribution < 1.29 is 0 Å². The minimum absolute atomic E-state index is 0. The Bertz CT molecular complexity index is 893. The van der Waals surface area contributed by atoms with E-state index in [4.69, 9.17) is 4.78 Å². The van der Waals surface area contributed by atoms with Crippen molar-refractivity contribution >= 4 is 22.5 Å². The van der Waals surface area contributed by atoms with Crippen LogP contribution in [0, 0.1) is 4.78 Å². The molecule has 5 heteroatoms. The van der Waals surface area contributed by atoms with Crippen molar-refractivity contribution in [2.75, 3.05) is 11.5 Å². The van der Waals surface area contributed by atoms with Gasteiger partial charge in [0.25, 0.3) is 0 Å². The summed E-state index contributed by atoms with van der Waals surface area (Å²) >= 11 is 1.90. The van der Waals surface area contributed by atoms with Gasteiger partial charge in [0, 0.05) is 18.1 Å². The average Bonchev–Trinajstić information content (AvgIpc) is 2.67. The fourth-order valence-corrected chi connectivity index (χ4v) is 5.70. The largest absolute Gasteiger partial charge is 0.274 e. The van der Waals surface area contributed by atoms with E-state index < -0.39 is 0 Å². The average molecular weight is 478 g/mol. The number of hydrogen-bond donors (Lipinski definition) is 1. The summed E-state index contributed by atoms with van der Waals surface area (Å²) in [5.41, 5.74) is 5.81. The third-order valence-corrected chi connectivity index (χ3v) is 8.11. The van der Waals surface area contributed by atoms with Crippen LogP contribution in [0.1, 0.15) is 98.9 Å². The number of aryl methyl sites for hydroxylation is 2. The van der Waals surface area contributed by atoms with Gasteiger partial charge in [-0.05, 0) is 64.5 Å². The number of nitrogens with one attached hydrogen (secondary N) is 1. The highest BCUT2D eigenvalue weighted by molar-refractivity contribution is 7.99. The van der Waals surface area contributed by atoms with E-state index in [-0.39, 0.29) is 43.8 Å². The molecule has 2 aliphatic rings. The van der Waals surface area contributed by atoms with Gasteiger partial charge in [0.15, 0.2) is 0 Å². The lowest BCUT2D eigenvalue weighted by Gasteiger charge is -2.23. The van der Waals surface area contributed by atoms with Gasteiger partial charge in [-0.2, -0.15) is 0 Å². The molecule has 4 heterocycles. The van der Waals surface area contributed by atoms with Crippen molar-refractivity contribution in [1.29, 1.82) is 4.78 Å². The molecule has 2 aromatic heterocycles. The van der Waals surface area contributed by atoms with Gasteiger partial charge >= 0.3 is 0 Å². The van der Waals surface area contributed by atoms with E-state index in [1.807, 2.05) is 24.2 Å². The smallest absolute Gasteiger partial charge is 0.110 e. The third-order valence-electron chi connectivity index (χ3n) is 5.44. The first kappa shape index (κ1) is 30.8. The normalized spacial score (nSPS) is 17.1. The maximum absolute atomic E-state index is 7.95. The summed E-state index contributed by atoms with van der Waals surface area (Å²) in [4.78, 5) is 9.04. The minimum Gasteiger partial charge on any atom is -0.274 e. The van der Waals surface area contributed by atoms with Gasteiger partial charge in [-0.1, -0.05) is 86.6 Å². The fourth-order valence-electron chi connectivity index (χ4n) is 3.46. The molecule has 0 saturated carbocycles. The van der Waals surface area contributed by atoms with Gasteiger partial charge in [0.1, 0.15) is 5.03 Å². The molecule has 0 amide bonds. The molecule has 1 atom stereocenters. The zero-order chi connectivity index (χ0) is 21.2. The minimum atomic E-state index is -0.361. The van der Waals surface area contributed by atoms with Gasteiger partial charge in [0.05, 0.1) is 5.03 Å². The molecule has 32 heavy (non-hydrogen) atoms. The van der Waals surface area contributed by atoms with Gasteiger partial charge < -0.3 is 0 Å². The summed E-state index contributed by atoms with van der Waals surface area (Å²) in [7, 11) is -0.361. The van der Waals surface area contributed by atoms with Crippen LogP contribution >= 0.6 is 11.8 Å². The SMILES string of the molecule is C.C.C.CC(C)(C)c1cnc2c(c1)CCCS2.CC(C)(C)c1cnc2c(c1)CCCS2=N. The van der Waals surface area contributed by atoms with Crippen molar-refractivity contribution in [2.45, 2.75) is 110 Å². The van der Waals surface area contributed by atoms with Gasteiger partial charge in [0.2, 0.25) is 0 Å². The predicted octanol–water partition coefficient (Wildman–Crippen LogP) is 8.39. The van der Waals surface area contributed by atoms with E-state index >= 15 is 0 Å². The number of pyridine rings is 2. The molecule has 0 bridgehead atoms. The molecular formula is C27H47N3S2. The number of rotatable bonds is 0. The molecule has 0 radical (unpaired) electrons. The summed E-state index contributed by atoms with van der Waals surface area (Å²) in [6, 6.07) is 4.60. The Kier molecular flexibility index (Phi) is 11.9. The summed E-state index contributed by atoms with van der Waals surface area (Å²) < 4.78 is 7.95. The van der Waals surface area contributed by atoms with Crippen LogP contribution < -0.4 is 0 Å². The number of thioether (sulfide) groups is 1. The topological polar surface area (TPSA) is 49.6 Å². The lowest BCUT2D eigenvalue weighted by atomic mass is 9.87. The van der Waals surface area contributed by atoms with Crippen molar-refractivity contribution in [1.82, 2.24) is 9.97 Å². The zero-order valence-corrected chi connectivity index (χ0v) is 20.4. The first-order chi connectivity index (χ1) is 13.6. The van der Waals surface area contributed by atoms with Crippen molar-refractivity contribution in [3.63, 3.8) is 0 Å². The molecule has 0 saturated heterocycles. The Hall–Kier alpha value is -1.20.